The van der Waals surface area contributed by atoms with Crippen molar-refractivity contribution in [2.24, 2.45) is 0 Å². The third-order valence-electron chi connectivity index (χ3n) is 2.44. The smallest absolute Gasteiger partial charge is 0.243 e. The van der Waals surface area contributed by atoms with Crippen LogP contribution in [-0.4, -0.2) is 55.9 Å². The highest BCUT2D eigenvalue weighted by molar-refractivity contribution is 5.87. The van der Waals surface area contributed by atoms with Gasteiger partial charge in [0, 0.05) is 13.0 Å². The van der Waals surface area contributed by atoms with Crippen LogP contribution in [0.4, 0.5) is 0 Å². The largest absolute Gasteiger partial charge is 0.544 e. The molecule has 0 spiro atoms. The number of nitrogens with zero attached hydrogens (tertiary/aromatic N) is 1. The lowest BCUT2D eigenvalue weighted by atomic mass is 10.2. The summed E-state index contributed by atoms with van der Waals surface area (Å²) >= 11 is 0. The van der Waals surface area contributed by atoms with Crippen LogP contribution in [0.25, 0.3) is 0 Å². The molecule has 0 unspecified atom stereocenters. The average molecular weight is 256 g/mol. The summed E-state index contributed by atoms with van der Waals surface area (Å²) < 4.78 is 0.201. The van der Waals surface area contributed by atoms with E-state index in [9.17, 15) is 19.5 Å². The summed E-state index contributed by atoms with van der Waals surface area (Å²) in [4.78, 5) is 32.8. The summed E-state index contributed by atoms with van der Waals surface area (Å²) in [6, 6.07) is 0. The topological polar surface area (TPSA) is 86.3 Å². The molecule has 6 nitrogen and oxygen atoms in total. The second-order valence-electron chi connectivity index (χ2n) is 4.72. The van der Waals surface area contributed by atoms with Crippen molar-refractivity contribution in [3.8, 4) is 0 Å². The molecule has 0 saturated heterocycles. The van der Waals surface area contributed by atoms with Gasteiger partial charge in [-0.25, -0.2) is 0 Å². The molecule has 0 aliphatic rings. The van der Waals surface area contributed by atoms with Gasteiger partial charge in [0.05, 0.1) is 33.0 Å². The quantitative estimate of drug-likeness (QED) is 0.400. The van der Waals surface area contributed by atoms with Gasteiger partial charge in [0.1, 0.15) is 12.3 Å². The third-order valence-corrected chi connectivity index (χ3v) is 2.44. The first kappa shape index (κ1) is 16.3. The predicted molar refractivity (Wildman–Crippen MR) is 64.3 cm³/mol. The maximum Gasteiger partial charge on any atom is 0.243 e. The van der Waals surface area contributed by atoms with Gasteiger partial charge in [-0.05, 0) is 6.08 Å². The molecule has 0 bridgehead atoms. The third kappa shape index (κ3) is 8.46. The van der Waals surface area contributed by atoms with Crippen LogP contribution in [0, 0.1) is 0 Å². The van der Waals surface area contributed by atoms with E-state index in [0.29, 0.717) is 6.54 Å². The van der Waals surface area contributed by atoms with Crippen molar-refractivity contribution in [3.63, 3.8) is 0 Å². The van der Waals surface area contributed by atoms with Crippen molar-refractivity contribution >= 4 is 17.7 Å². The number of aliphatic carboxylic acids is 1. The molecule has 0 aromatic heterocycles. The fourth-order valence-corrected chi connectivity index (χ4v) is 1.38. The van der Waals surface area contributed by atoms with Crippen LogP contribution in [-0.2, 0) is 14.4 Å². The Morgan fingerprint density at radius 1 is 1.28 bits per heavy atom. The van der Waals surface area contributed by atoms with Crippen molar-refractivity contribution in [2.75, 3.05) is 33.7 Å². The molecule has 0 fully saturated rings. The average Bonchev–Trinajstić information content (AvgIpc) is 2.24. The van der Waals surface area contributed by atoms with Gasteiger partial charge >= 0.3 is 0 Å². The molecule has 0 atom stereocenters. The summed E-state index contributed by atoms with van der Waals surface area (Å²) in [6.07, 6.45) is 1.67. The van der Waals surface area contributed by atoms with E-state index in [1.165, 1.54) is 0 Å². The van der Waals surface area contributed by atoms with Gasteiger partial charge in [0.25, 0.3) is 0 Å². The van der Waals surface area contributed by atoms with Gasteiger partial charge in [-0.3, -0.25) is 9.59 Å². The first-order valence-electron chi connectivity index (χ1n) is 5.70. The molecule has 0 aliphatic carbocycles. The second kappa shape index (κ2) is 7.60. The van der Waals surface area contributed by atoms with Crippen LogP contribution < -0.4 is 10.4 Å². The van der Waals surface area contributed by atoms with Crippen LogP contribution in [0.1, 0.15) is 12.8 Å². The van der Waals surface area contributed by atoms with Gasteiger partial charge in [-0.1, -0.05) is 6.58 Å². The maximum absolute atomic E-state index is 11.5. The lowest BCUT2D eigenvalue weighted by Gasteiger charge is -2.29. The Hall–Kier alpha value is -1.69. The molecular formula is C12H20N2O4. The van der Waals surface area contributed by atoms with Gasteiger partial charge in [0.15, 0.2) is 0 Å². The SMILES string of the molecule is C=CC(=O)NCCC(=O)CC[N+](C)(C)CC(=O)[O-]. The maximum atomic E-state index is 11.5. The summed E-state index contributed by atoms with van der Waals surface area (Å²) in [6.45, 7) is 3.88. The summed E-state index contributed by atoms with van der Waals surface area (Å²) in [5.74, 6) is -1.45. The van der Waals surface area contributed by atoms with Crippen LogP contribution in [0.2, 0.25) is 0 Å². The zero-order valence-corrected chi connectivity index (χ0v) is 10.9. The van der Waals surface area contributed by atoms with E-state index in [2.05, 4.69) is 11.9 Å². The molecule has 1 amide bonds. The molecule has 0 rings (SSSR count). The summed E-state index contributed by atoms with van der Waals surface area (Å²) in [7, 11) is 3.45. The number of hydrogen-bond donors (Lipinski definition) is 1. The van der Waals surface area contributed by atoms with E-state index in [-0.39, 0.29) is 42.1 Å². The van der Waals surface area contributed by atoms with Crippen LogP contribution >= 0.6 is 0 Å². The van der Waals surface area contributed by atoms with E-state index in [0.717, 1.165) is 6.08 Å². The van der Waals surface area contributed by atoms with Crippen molar-refractivity contribution in [1.82, 2.24) is 5.32 Å². The Balaban J connectivity index is 3.86. The van der Waals surface area contributed by atoms with Crippen molar-refractivity contribution in [2.45, 2.75) is 12.8 Å². The number of carboxylic acids is 1. The fourth-order valence-electron chi connectivity index (χ4n) is 1.38. The van der Waals surface area contributed by atoms with E-state index in [4.69, 9.17) is 0 Å². The molecule has 102 valence electrons. The van der Waals surface area contributed by atoms with Crippen LogP contribution in [0.5, 0.6) is 0 Å². The highest BCUT2D eigenvalue weighted by atomic mass is 16.4. The highest BCUT2D eigenvalue weighted by Crippen LogP contribution is 2.00. The second-order valence-corrected chi connectivity index (χ2v) is 4.72. The van der Waals surface area contributed by atoms with Gasteiger partial charge < -0.3 is 19.7 Å². The lowest BCUT2D eigenvalue weighted by Crippen LogP contribution is -2.49. The number of rotatable bonds is 9. The fraction of sp³-hybridized carbons (Fsp3) is 0.583. The molecule has 0 radical (unpaired) electrons. The first-order valence-corrected chi connectivity index (χ1v) is 5.70. The molecule has 6 heteroatoms. The standard InChI is InChI=1S/C12H20N2O4/c1-4-11(16)13-7-5-10(15)6-8-14(2,3)9-12(17)18/h4H,1,5-9H2,2-3H3,(H-,13,16,17,18). The van der Waals surface area contributed by atoms with Crippen molar-refractivity contribution in [1.29, 1.82) is 0 Å². The number of amides is 1. The minimum absolute atomic E-state index is 0.0103. The number of likely N-dealkylation sites (N-methyl/N-ethyl adjacent to an activating group) is 1. The molecule has 0 heterocycles. The number of carboxylic acid groups (broad SMARTS) is 1. The molecular weight excluding hydrogens is 236 g/mol. The number of quaternary nitrogens is 1. The van der Waals surface area contributed by atoms with Gasteiger partial charge in [0.2, 0.25) is 5.91 Å². The predicted octanol–water partition coefficient (Wildman–Crippen LogP) is -1.54. The number of hydrogen-bond acceptors (Lipinski definition) is 4. The number of nitrogens with one attached hydrogen (secondary N) is 1. The monoisotopic (exact) mass is 256 g/mol. The first-order chi connectivity index (χ1) is 8.26. The molecule has 0 aromatic carbocycles. The Morgan fingerprint density at radius 2 is 1.89 bits per heavy atom. The van der Waals surface area contributed by atoms with E-state index >= 15 is 0 Å². The zero-order chi connectivity index (χ0) is 14.2. The molecule has 1 N–H and O–H groups in total. The highest BCUT2D eigenvalue weighted by Gasteiger charge is 2.17. The molecule has 0 aromatic rings. The normalized spacial score (nSPS) is 10.8. The number of carbonyl (C=O) groups is 3. The zero-order valence-electron chi connectivity index (χ0n) is 10.9. The van der Waals surface area contributed by atoms with E-state index in [1.807, 2.05) is 0 Å². The van der Waals surface area contributed by atoms with Crippen molar-refractivity contribution < 1.29 is 24.0 Å². The number of carbonyl (C=O) groups excluding carboxylic acids is 3. The van der Waals surface area contributed by atoms with Gasteiger partial charge in [-0.15, -0.1) is 0 Å². The number of ketones is 1. The molecule has 0 aliphatic heterocycles. The Morgan fingerprint density at radius 3 is 2.39 bits per heavy atom. The molecule has 18 heavy (non-hydrogen) atoms. The Labute approximate surface area is 107 Å². The van der Waals surface area contributed by atoms with Crippen LogP contribution in [0.3, 0.4) is 0 Å². The van der Waals surface area contributed by atoms with E-state index in [1.54, 1.807) is 14.1 Å². The molecule has 0 saturated carbocycles. The lowest BCUT2D eigenvalue weighted by molar-refractivity contribution is -0.884. The Bertz CT molecular complexity index is 337. The minimum atomic E-state index is -1.13. The number of Topliss-reactive ketones (excluding diaryl/α,β-unsaturated/α-hetero) is 1. The minimum Gasteiger partial charge on any atom is -0.544 e. The summed E-state index contributed by atoms with van der Waals surface area (Å²) in [5, 5.41) is 13.0. The van der Waals surface area contributed by atoms with Crippen LogP contribution in [0.15, 0.2) is 12.7 Å². The van der Waals surface area contributed by atoms with Crippen molar-refractivity contribution in [3.05, 3.63) is 12.7 Å². The van der Waals surface area contributed by atoms with Gasteiger partial charge in [-0.2, -0.15) is 0 Å². The van der Waals surface area contributed by atoms with E-state index < -0.39 is 5.97 Å². The Kier molecular flexibility index (Phi) is 6.89. The summed E-state index contributed by atoms with van der Waals surface area (Å²) in [5.41, 5.74) is 0.